The van der Waals surface area contributed by atoms with Crippen LogP contribution in [-0.4, -0.2) is 141 Å². The van der Waals surface area contributed by atoms with Crippen LogP contribution in [-0.2, 0) is 38.8 Å². The number of aryl methyl sites for hydroxylation is 2. The van der Waals surface area contributed by atoms with E-state index in [-0.39, 0.29) is 126 Å². The third-order valence-electron chi connectivity index (χ3n) is 13.1. The SMILES string of the molecule is [C-]#[N+]c1ccc(F)c([C@@H](C)Nc2c(Cl)c(C)nc3cc(F)c(-c4cnc(OCCCCCn5cc(COCCOCCN(C)C(=O)CC[C@@H](C(=O)O)N(C)C(=O)c6ccc(NCc7cnc8nc(N)[nH]c(=O)c8n7)cc6)nn5)nc4)nc23)c1. The highest BCUT2D eigenvalue weighted by Gasteiger charge is 2.29. The zero-order chi connectivity index (χ0) is 59.2. The first-order valence-electron chi connectivity index (χ1n) is 26.1. The number of carboxylic acid groups (broad SMARTS) is 1. The average molecular weight is 1160 g/mol. The maximum atomic E-state index is 15.5. The van der Waals surface area contributed by atoms with Crippen molar-refractivity contribution in [3.63, 3.8) is 0 Å². The number of aromatic amines is 1. The molecule has 0 aliphatic rings. The van der Waals surface area contributed by atoms with Gasteiger partial charge in [-0.1, -0.05) is 22.9 Å². The van der Waals surface area contributed by atoms with E-state index in [1.165, 1.54) is 54.8 Å². The van der Waals surface area contributed by atoms with E-state index < -0.39 is 41.2 Å². The summed E-state index contributed by atoms with van der Waals surface area (Å²) >= 11 is 6.68. The predicted octanol–water partition coefficient (Wildman–Crippen LogP) is 7.11. The van der Waals surface area contributed by atoms with Gasteiger partial charge in [-0.15, -0.1) is 5.10 Å². The molecule has 8 rings (SSSR count). The number of benzene rings is 2. The van der Waals surface area contributed by atoms with Crippen LogP contribution >= 0.6 is 11.6 Å². The van der Waals surface area contributed by atoms with Crippen LogP contribution in [0.4, 0.5) is 31.8 Å². The quantitative estimate of drug-likeness (QED) is 0.0241. The van der Waals surface area contributed by atoms with Crippen LogP contribution in [0.2, 0.25) is 5.02 Å². The number of nitrogens with one attached hydrogen (secondary N) is 3. The molecule has 0 aliphatic carbocycles. The molecule has 0 aliphatic heterocycles. The Hall–Kier alpha value is -9.39. The van der Waals surface area contributed by atoms with Crippen molar-refractivity contribution >= 4 is 74.6 Å². The number of rotatable bonds is 28. The van der Waals surface area contributed by atoms with E-state index in [1.807, 2.05) is 0 Å². The number of nitrogens with two attached hydrogens (primary N) is 1. The predicted molar refractivity (Wildman–Crippen MR) is 301 cm³/mol. The van der Waals surface area contributed by atoms with Crippen LogP contribution in [0.1, 0.15) is 78.1 Å². The number of nitrogen functional groups attached to an aromatic ring is 1. The number of anilines is 3. The molecule has 0 saturated carbocycles. The number of hydrogen-bond acceptors (Lipinski definition) is 19. The van der Waals surface area contributed by atoms with Crippen LogP contribution in [0.25, 0.3) is 38.3 Å². The Morgan fingerprint density at radius 3 is 2.45 bits per heavy atom. The molecule has 6 heterocycles. The summed E-state index contributed by atoms with van der Waals surface area (Å²) in [5.41, 5.74) is 9.18. The van der Waals surface area contributed by atoms with Crippen molar-refractivity contribution in [2.45, 2.75) is 77.7 Å². The molecule has 0 fully saturated rings. The fourth-order valence-electron chi connectivity index (χ4n) is 8.55. The van der Waals surface area contributed by atoms with E-state index in [0.29, 0.717) is 48.0 Å². The summed E-state index contributed by atoms with van der Waals surface area (Å²) in [6, 6.07) is 9.92. The smallest absolute Gasteiger partial charge is 0.326 e. The van der Waals surface area contributed by atoms with Gasteiger partial charge in [-0.25, -0.2) is 48.3 Å². The van der Waals surface area contributed by atoms with Crippen molar-refractivity contribution in [1.29, 1.82) is 0 Å². The number of carboxylic acids is 1. The molecule has 6 aromatic heterocycles. The monoisotopic (exact) mass is 1160 g/mol. The first-order chi connectivity index (χ1) is 40.0. The standard InChI is InChI=1S/C55H58ClF2N17O8/c1-31(39-23-36(60-3)13-14-40(39)57)66-48-45(56)32(2)65-42-24-41(58)46(68-47(42)48)34-25-63-55(64-26-34)83-19-8-6-7-17-75-29-38(71-72-75)30-82-22-21-81-20-18-73(4)44(76)16-15-43(53(79)80)74(5)52(78)33-9-11-35(12-10-33)61-27-37-28-62-50-49(67-37)51(77)70-54(59)69-50/h9-14,23-26,28-29,31,43,61H,6-8,15-22,27,30H2,1-2,4-5H3,(H,65,66)(H,79,80)(H3,59,62,69,70,77)/t31-,43+/m1/s1. The summed E-state index contributed by atoms with van der Waals surface area (Å²) in [6.07, 6.45) is 8.16. The van der Waals surface area contributed by atoms with E-state index in [9.17, 15) is 28.7 Å². The fraction of sp³-hybridized carbons (Fsp3) is 0.345. The lowest BCUT2D eigenvalue weighted by molar-refractivity contribution is -0.142. The lowest BCUT2D eigenvalue weighted by Crippen LogP contribution is -2.43. The molecule has 0 bridgehead atoms. The number of likely N-dealkylation sites (N-methyl/N-ethyl adjacent to an activating group) is 2. The number of aromatic nitrogens is 11. The van der Waals surface area contributed by atoms with Crippen molar-refractivity contribution in [3.05, 3.63) is 140 Å². The highest BCUT2D eigenvalue weighted by molar-refractivity contribution is 6.35. The molecule has 0 unspecified atom stereocenters. The molecule has 6 N–H and O–H groups in total. The number of fused-ring (bicyclic) bond motifs is 2. The summed E-state index contributed by atoms with van der Waals surface area (Å²) in [5, 5.41) is 24.9. The summed E-state index contributed by atoms with van der Waals surface area (Å²) < 4.78 is 49.1. The lowest BCUT2D eigenvalue weighted by atomic mass is 10.1. The summed E-state index contributed by atoms with van der Waals surface area (Å²) in [6.45, 7) is 13.1. The van der Waals surface area contributed by atoms with Gasteiger partial charge in [0.1, 0.15) is 28.8 Å². The molecule has 83 heavy (non-hydrogen) atoms. The molecule has 25 nitrogen and oxygen atoms in total. The van der Waals surface area contributed by atoms with Crippen molar-refractivity contribution in [3.8, 4) is 17.3 Å². The molecule has 2 amide bonds. The number of H-pyrrole nitrogens is 1. The Bertz CT molecular complexity index is 3720. The zero-order valence-corrected chi connectivity index (χ0v) is 46.4. The summed E-state index contributed by atoms with van der Waals surface area (Å²) in [4.78, 5) is 88.9. The van der Waals surface area contributed by atoms with E-state index in [0.717, 1.165) is 17.7 Å². The number of aliphatic carboxylic acids is 1. The van der Waals surface area contributed by atoms with E-state index in [2.05, 4.69) is 65.7 Å². The number of carbonyl (C=O) groups excluding carboxylic acids is 2. The minimum atomic E-state index is -1.26. The number of nitrogens with zero attached hydrogens (tertiary/aromatic N) is 13. The Morgan fingerprint density at radius 2 is 1.69 bits per heavy atom. The average Bonchev–Trinajstić information content (AvgIpc) is 4.12. The highest BCUT2D eigenvalue weighted by Crippen LogP contribution is 2.37. The van der Waals surface area contributed by atoms with Crippen LogP contribution in [0, 0.1) is 25.1 Å². The summed E-state index contributed by atoms with van der Waals surface area (Å²) in [5.74, 6) is -3.32. The molecule has 0 spiro atoms. The Balaban J connectivity index is 0.681. The lowest BCUT2D eigenvalue weighted by Gasteiger charge is -2.26. The molecule has 8 aromatic rings. The van der Waals surface area contributed by atoms with Crippen molar-refractivity contribution in [2.75, 3.05) is 63.4 Å². The number of amides is 2. The second-order valence-corrected chi connectivity index (χ2v) is 19.5. The Labute approximate surface area is 478 Å². The first kappa shape index (κ1) is 59.7. The van der Waals surface area contributed by atoms with Crippen molar-refractivity contribution in [1.82, 2.24) is 64.7 Å². The van der Waals surface area contributed by atoms with E-state index >= 15 is 4.39 Å². The third-order valence-corrected chi connectivity index (χ3v) is 13.6. The molecular weight excluding hydrogens is 1100 g/mol. The number of unbranched alkanes of at least 4 members (excludes halogenated alkanes) is 2. The van der Waals surface area contributed by atoms with Gasteiger partial charge in [-0.3, -0.25) is 24.0 Å². The highest BCUT2D eigenvalue weighted by atomic mass is 35.5. The number of pyridine rings is 2. The molecule has 432 valence electrons. The molecule has 2 atom stereocenters. The molecule has 28 heteroatoms. The largest absolute Gasteiger partial charge is 0.480 e. The molecular formula is C55H58ClF2N17O8. The Kier molecular flexibility index (Phi) is 20.0. The third kappa shape index (κ3) is 15.5. The van der Waals surface area contributed by atoms with Gasteiger partial charge < -0.3 is 45.5 Å². The van der Waals surface area contributed by atoms with Crippen LogP contribution in [0.5, 0.6) is 6.01 Å². The van der Waals surface area contributed by atoms with Gasteiger partial charge >= 0.3 is 12.0 Å². The minimum Gasteiger partial charge on any atom is -0.480 e. The maximum absolute atomic E-state index is 15.5. The first-order valence-corrected chi connectivity index (χ1v) is 26.5. The topological polar surface area (TPSA) is 314 Å². The number of carbonyl (C=O) groups is 3. The second kappa shape index (κ2) is 27.9. The Morgan fingerprint density at radius 1 is 0.916 bits per heavy atom. The maximum Gasteiger partial charge on any atom is 0.326 e. The number of halogens is 3. The van der Waals surface area contributed by atoms with Gasteiger partial charge in [0.25, 0.3) is 11.5 Å². The second-order valence-electron chi connectivity index (χ2n) is 19.1. The van der Waals surface area contributed by atoms with Crippen LogP contribution in [0.15, 0.2) is 78.1 Å². The molecule has 0 radical (unpaired) electrons. The van der Waals surface area contributed by atoms with Gasteiger partial charge in [0.2, 0.25) is 11.9 Å². The van der Waals surface area contributed by atoms with Crippen molar-refractivity contribution in [2.24, 2.45) is 0 Å². The van der Waals surface area contributed by atoms with Gasteiger partial charge in [0.05, 0.1) is 92.2 Å². The van der Waals surface area contributed by atoms with Crippen LogP contribution in [0.3, 0.4) is 0 Å². The normalized spacial score (nSPS) is 12.0. The van der Waals surface area contributed by atoms with Gasteiger partial charge in [0.15, 0.2) is 22.7 Å². The van der Waals surface area contributed by atoms with Gasteiger partial charge in [-0.2, -0.15) is 4.98 Å². The van der Waals surface area contributed by atoms with Gasteiger partial charge in [0, 0.05) is 68.9 Å². The fourth-order valence-corrected chi connectivity index (χ4v) is 8.73. The summed E-state index contributed by atoms with van der Waals surface area (Å²) in [7, 11) is 2.97. The molecule has 0 saturated heterocycles. The van der Waals surface area contributed by atoms with Crippen molar-refractivity contribution < 1.29 is 42.5 Å². The number of hydrogen-bond donors (Lipinski definition) is 5. The van der Waals surface area contributed by atoms with Gasteiger partial charge in [-0.05, 0) is 81.5 Å². The minimum absolute atomic E-state index is 0.0438. The number of ether oxygens (including phenoxy) is 3. The van der Waals surface area contributed by atoms with E-state index in [4.69, 9.17) is 38.1 Å². The molecule has 2 aromatic carbocycles. The van der Waals surface area contributed by atoms with E-state index in [1.54, 1.807) is 56.0 Å². The zero-order valence-electron chi connectivity index (χ0n) is 45.6. The van der Waals surface area contributed by atoms with Crippen LogP contribution < -0.4 is 26.7 Å².